The fourth-order valence-corrected chi connectivity index (χ4v) is 4.54. The first kappa shape index (κ1) is 26.4. The number of carbonyl (C=O) groups excluding carboxylic acids is 1. The number of hydrogen-bond acceptors (Lipinski definition) is 10. The van der Waals surface area contributed by atoms with E-state index in [4.69, 9.17) is 24.2 Å². The third-order valence-corrected chi connectivity index (χ3v) is 6.39. The van der Waals surface area contributed by atoms with Gasteiger partial charge in [0.1, 0.15) is 28.9 Å². The summed E-state index contributed by atoms with van der Waals surface area (Å²) in [5.74, 6) is 0.726. The van der Waals surface area contributed by atoms with Crippen LogP contribution in [-0.2, 0) is 16.1 Å². The van der Waals surface area contributed by atoms with Crippen LogP contribution in [0.25, 0.3) is 27.8 Å². The minimum atomic E-state index is -0.719. The van der Waals surface area contributed by atoms with Crippen LogP contribution in [-0.4, -0.2) is 72.5 Å². The Morgan fingerprint density at radius 2 is 1.90 bits per heavy atom. The first-order chi connectivity index (χ1) is 19.9. The number of rotatable bonds is 6. The summed E-state index contributed by atoms with van der Waals surface area (Å²) >= 11 is 0. The van der Waals surface area contributed by atoms with Crippen LogP contribution in [0.3, 0.4) is 0 Å². The molecule has 0 N–H and O–H groups in total. The monoisotopic (exact) mass is 554 g/mol. The van der Waals surface area contributed by atoms with Gasteiger partial charge in [-0.05, 0) is 56.7 Å². The number of ether oxygens (including phenoxy) is 3. The summed E-state index contributed by atoms with van der Waals surface area (Å²) in [7, 11) is 0. The molecule has 0 radical (unpaired) electrons. The number of anilines is 1. The topological polar surface area (TPSA) is 122 Å². The van der Waals surface area contributed by atoms with Crippen molar-refractivity contribution in [3.63, 3.8) is 0 Å². The van der Waals surface area contributed by atoms with E-state index in [9.17, 15) is 4.79 Å². The molecule has 0 saturated carbocycles. The number of aromatic nitrogens is 7. The zero-order valence-electron chi connectivity index (χ0n) is 23.1. The Labute approximate surface area is 236 Å². The molecule has 1 aliphatic rings. The summed E-state index contributed by atoms with van der Waals surface area (Å²) in [4.78, 5) is 25.4. The average molecular weight is 555 g/mol. The van der Waals surface area contributed by atoms with Crippen LogP contribution in [0.2, 0.25) is 0 Å². The molecule has 12 heteroatoms. The van der Waals surface area contributed by atoms with Gasteiger partial charge in [0.2, 0.25) is 11.8 Å². The lowest BCUT2D eigenvalue weighted by molar-refractivity contribution is 0.0543. The van der Waals surface area contributed by atoms with E-state index in [1.54, 1.807) is 29.3 Å². The Morgan fingerprint density at radius 3 is 2.63 bits per heavy atom. The number of benzene rings is 1. The van der Waals surface area contributed by atoms with Crippen LogP contribution < -0.4 is 9.64 Å². The van der Waals surface area contributed by atoms with Crippen LogP contribution in [0.1, 0.15) is 26.5 Å². The second-order valence-electron chi connectivity index (χ2n) is 10.5. The van der Waals surface area contributed by atoms with Gasteiger partial charge in [-0.25, -0.2) is 19.0 Å². The van der Waals surface area contributed by atoms with E-state index in [0.29, 0.717) is 49.0 Å². The zero-order valence-corrected chi connectivity index (χ0v) is 23.1. The highest BCUT2D eigenvalue weighted by atomic mass is 16.6. The lowest BCUT2D eigenvalue weighted by Crippen LogP contribution is -2.37. The summed E-state index contributed by atoms with van der Waals surface area (Å²) < 4.78 is 20.8. The Kier molecular flexibility index (Phi) is 7.06. The van der Waals surface area contributed by atoms with E-state index < -0.39 is 11.7 Å². The Morgan fingerprint density at radius 1 is 1.05 bits per heavy atom. The highest BCUT2D eigenvalue weighted by molar-refractivity contribution is 6.01. The van der Waals surface area contributed by atoms with Crippen LogP contribution in [0.4, 0.5) is 10.7 Å². The van der Waals surface area contributed by atoms with E-state index in [-0.39, 0.29) is 12.5 Å². The van der Waals surface area contributed by atoms with Crippen molar-refractivity contribution in [3.8, 4) is 22.7 Å². The fourth-order valence-electron chi connectivity index (χ4n) is 4.54. The van der Waals surface area contributed by atoms with Crippen molar-refractivity contribution in [2.24, 2.45) is 0 Å². The Bertz CT molecular complexity index is 1660. The number of nitrogens with zero attached hydrogens (tertiary/aromatic N) is 8. The third-order valence-electron chi connectivity index (χ3n) is 6.39. The summed E-state index contributed by atoms with van der Waals surface area (Å²) in [5.41, 5.74) is 3.29. The van der Waals surface area contributed by atoms with Crippen molar-refractivity contribution in [1.82, 2.24) is 34.5 Å². The second-order valence-corrected chi connectivity index (χ2v) is 10.5. The van der Waals surface area contributed by atoms with Crippen molar-refractivity contribution < 1.29 is 19.0 Å². The van der Waals surface area contributed by atoms with Crippen molar-refractivity contribution in [2.75, 3.05) is 31.2 Å². The van der Waals surface area contributed by atoms with E-state index in [0.717, 1.165) is 16.8 Å². The van der Waals surface area contributed by atoms with Crippen LogP contribution in [0.5, 0.6) is 5.88 Å². The Hall–Kier alpha value is -4.84. The first-order valence-electron chi connectivity index (χ1n) is 13.3. The smallest absolute Gasteiger partial charge is 0.419 e. The lowest BCUT2D eigenvalue weighted by atomic mass is 10.1. The van der Waals surface area contributed by atoms with Crippen molar-refractivity contribution in [2.45, 2.75) is 33.0 Å². The number of carbonyl (C=O) groups is 1. The molecule has 0 bridgehead atoms. The summed E-state index contributed by atoms with van der Waals surface area (Å²) in [5, 5.41) is 12.4. The predicted molar refractivity (Wildman–Crippen MR) is 151 cm³/mol. The van der Waals surface area contributed by atoms with Gasteiger partial charge in [-0.15, -0.1) is 0 Å². The molecule has 0 atom stereocenters. The van der Waals surface area contributed by atoms with Gasteiger partial charge in [-0.1, -0.05) is 12.1 Å². The molecule has 0 aliphatic carbocycles. The molecule has 210 valence electrons. The standard InChI is InChI=1S/C29H30N8O4/c1-29(2,3)41-28(38)36-18-23(20-7-4-9-22(17-20)37-12-6-11-31-37)24-25(36)26(40-19-21-8-5-10-30-34-21)33-27(32-24)35-13-15-39-16-14-35/h4-12,17-18H,13-16,19H2,1-3H3. The van der Waals surface area contributed by atoms with Gasteiger partial charge in [0, 0.05) is 43.4 Å². The van der Waals surface area contributed by atoms with Crippen LogP contribution in [0, 0.1) is 0 Å². The van der Waals surface area contributed by atoms with E-state index in [1.807, 2.05) is 68.3 Å². The minimum absolute atomic E-state index is 0.103. The second kappa shape index (κ2) is 11.0. The summed E-state index contributed by atoms with van der Waals surface area (Å²) in [6.07, 6.45) is 6.36. The van der Waals surface area contributed by atoms with Gasteiger partial charge in [0.05, 0.1) is 18.9 Å². The largest absolute Gasteiger partial charge is 0.469 e. The van der Waals surface area contributed by atoms with E-state index in [1.165, 1.54) is 4.57 Å². The van der Waals surface area contributed by atoms with Crippen molar-refractivity contribution >= 4 is 23.1 Å². The van der Waals surface area contributed by atoms with Crippen LogP contribution in [0.15, 0.2) is 67.3 Å². The normalized spacial score (nSPS) is 13.9. The van der Waals surface area contributed by atoms with Gasteiger partial charge in [0.15, 0.2) is 0 Å². The molecule has 0 unspecified atom stereocenters. The van der Waals surface area contributed by atoms with Crippen molar-refractivity contribution in [3.05, 3.63) is 72.9 Å². The molecule has 6 rings (SSSR count). The molecule has 12 nitrogen and oxygen atoms in total. The van der Waals surface area contributed by atoms with Gasteiger partial charge < -0.3 is 19.1 Å². The van der Waals surface area contributed by atoms with Crippen LogP contribution >= 0.6 is 0 Å². The molecule has 0 spiro atoms. The maximum atomic E-state index is 13.6. The highest BCUT2D eigenvalue weighted by Gasteiger charge is 2.27. The molecule has 1 aliphatic heterocycles. The van der Waals surface area contributed by atoms with E-state index in [2.05, 4.69) is 15.3 Å². The summed E-state index contributed by atoms with van der Waals surface area (Å²) in [6, 6.07) is 13.3. The first-order valence-corrected chi connectivity index (χ1v) is 13.3. The number of fused-ring (bicyclic) bond motifs is 1. The fraction of sp³-hybridized carbons (Fsp3) is 0.310. The average Bonchev–Trinajstić information content (AvgIpc) is 3.65. The Balaban J connectivity index is 1.54. The quantitative estimate of drug-likeness (QED) is 0.301. The third kappa shape index (κ3) is 5.73. The summed E-state index contributed by atoms with van der Waals surface area (Å²) in [6.45, 7) is 7.96. The van der Waals surface area contributed by atoms with Gasteiger partial charge in [0.25, 0.3) is 0 Å². The molecule has 0 amide bonds. The van der Waals surface area contributed by atoms with Gasteiger partial charge in [-0.2, -0.15) is 20.3 Å². The molecule has 5 heterocycles. The maximum Gasteiger partial charge on any atom is 0.419 e. The predicted octanol–water partition coefficient (Wildman–Crippen LogP) is 4.27. The SMILES string of the molecule is CC(C)(C)OC(=O)n1cc(-c2cccc(-n3cccn3)c2)c2nc(N3CCOCC3)nc(OCc3cccnn3)c21. The van der Waals surface area contributed by atoms with Gasteiger partial charge >= 0.3 is 6.09 Å². The number of morpholine rings is 1. The van der Waals surface area contributed by atoms with E-state index >= 15 is 0 Å². The van der Waals surface area contributed by atoms with Crippen molar-refractivity contribution in [1.29, 1.82) is 0 Å². The zero-order chi connectivity index (χ0) is 28.4. The molecule has 4 aromatic heterocycles. The van der Waals surface area contributed by atoms with Gasteiger partial charge in [-0.3, -0.25) is 0 Å². The molecule has 1 aromatic carbocycles. The molecule has 1 fully saturated rings. The highest BCUT2D eigenvalue weighted by Crippen LogP contribution is 2.36. The molecular weight excluding hydrogens is 524 g/mol. The lowest BCUT2D eigenvalue weighted by Gasteiger charge is -2.27. The maximum absolute atomic E-state index is 13.6. The molecule has 5 aromatic rings. The number of hydrogen-bond donors (Lipinski definition) is 0. The molecule has 41 heavy (non-hydrogen) atoms. The minimum Gasteiger partial charge on any atom is -0.469 e. The molecular formula is C29H30N8O4. The molecule has 1 saturated heterocycles.